The van der Waals surface area contributed by atoms with E-state index in [0.29, 0.717) is 10.6 Å². The second kappa shape index (κ2) is 10.5. The van der Waals surface area contributed by atoms with Gasteiger partial charge < -0.3 is 20.1 Å². The first-order chi connectivity index (χ1) is 15.1. The van der Waals surface area contributed by atoms with Crippen molar-refractivity contribution in [3.63, 3.8) is 0 Å². The van der Waals surface area contributed by atoms with Crippen LogP contribution >= 0.6 is 11.3 Å². The highest BCUT2D eigenvalue weighted by atomic mass is 32.1. The van der Waals surface area contributed by atoms with Crippen LogP contribution in [0.4, 0.5) is 5.69 Å². The van der Waals surface area contributed by atoms with Crippen molar-refractivity contribution in [1.82, 2.24) is 14.8 Å². The Morgan fingerprint density at radius 2 is 1.75 bits per heavy atom. The normalized spacial score (nSPS) is 16.1. The van der Waals surface area contributed by atoms with Crippen molar-refractivity contribution in [3.05, 3.63) is 21.7 Å². The average molecular weight is 463 g/mol. The molecule has 0 unspecified atom stereocenters. The number of nitrogens with zero attached hydrogens (tertiary/aromatic N) is 3. The molecule has 2 N–H and O–H groups in total. The molecule has 1 fully saturated rings. The number of anilines is 1. The van der Waals surface area contributed by atoms with E-state index in [2.05, 4.69) is 23.6 Å². The minimum Gasteiger partial charge on any atom is -0.456 e. The number of fused-ring (bicyclic) bond motifs is 1. The highest BCUT2D eigenvalue weighted by Gasteiger charge is 2.25. The van der Waals surface area contributed by atoms with Crippen LogP contribution in [0, 0.1) is 13.8 Å². The van der Waals surface area contributed by atoms with E-state index in [4.69, 9.17) is 20.2 Å². The molecule has 3 rings (SSSR count). The molecule has 1 aliphatic heterocycles. The lowest BCUT2D eigenvalue weighted by molar-refractivity contribution is 0.00764. The van der Waals surface area contributed by atoms with Crippen molar-refractivity contribution in [3.8, 4) is 0 Å². The Kier molecular flexibility index (Phi) is 8.14. The summed E-state index contributed by atoms with van der Waals surface area (Å²) < 4.78 is 10.7. The average Bonchev–Trinajstić information content (AvgIpc) is 3.05. The minimum absolute atomic E-state index is 0.374. The van der Waals surface area contributed by atoms with Gasteiger partial charge in [0.1, 0.15) is 15.3 Å². The number of methoxy groups -OCH3 is 1. The van der Waals surface area contributed by atoms with Crippen LogP contribution in [-0.4, -0.2) is 79.3 Å². The number of aryl methyl sites for hydroxylation is 2. The summed E-state index contributed by atoms with van der Waals surface area (Å²) in [5, 5.41) is 0.906. The van der Waals surface area contributed by atoms with E-state index in [1.807, 2.05) is 20.8 Å². The van der Waals surface area contributed by atoms with Crippen molar-refractivity contribution in [1.29, 1.82) is 0 Å². The minimum atomic E-state index is -0.557. The number of thiophene rings is 1. The zero-order valence-electron chi connectivity index (χ0n) is 20.4. The first kappa shape index (κ1) is 24.9. The second-order valence-corrected chi connectivity index (χ2v) is 10.6. The summed E-state index contributed by atoms with van der Waals surface area (Å²) in [6.07, 6.45) is 2.04. The smallest absolute Gasteiger partial charge is 0.351 e. The van der Waals surface area contributed by atoms with Gasteiger partial charge in [-0.1, -0.05) is 0 Å². The molecule has 0 atom stereocenters. The lowest BCUT2D eigenvalue weighted by atomic mass is 9.99. The van der Waals surface area contributed by atoms with Gasteiger partial charge in [0.05, 0.1) is 12.3 Å². The van der Waals surface area contributed by atoms with Crippen molar-refractivity contribution in [2.75, 3.05) is 58.7 Å². The number of carbonyl (C=O) groups is 1. The molecule has 1 aliphatic rings. The molecule has 0 bridgehead atoms. The van der Waals surface area contributed by atoms with Gasteiger partial charge in [-0.3, -0.25) is 4.90 Å². The molecule has 0 amide bonds. The van der Waals surface area contributed by atoms with Gasteiger partial charge >= 0.3 is 5.97 Å². The van der Waals surface area contributed by atoms with Crippen molar-refractivity contribution >= 4 is 33.2 Å². The Morgan fingerprint density at radius 3 is 2.34 bits per heavy atom. The van der Waals surface area contributed by atoms with Crippen LogP contribution in [0.5, 0.6) is 0 Å². The molecule has 8 heteroatoms. The maximum Gasteiger partial charge on any atom is 0.351 e. The molecular weight excluding hydrogens is 424 g/mol. The van der Waals surface area contributed by atoms with Crippen LogP contribution in [0.1, 0.15) is 53.7 Å². The Bertz CT molecular complexity index is 943. The van der Waals surface area contributed by atoms with Gasteiger partial charge in [0, 0.05) is 50.9 Å². The first-order valence-corrected chi connectivity index (χ1v) is 12.3. The number of pyridine rings is 1. The number of piperazine rings is 1. The quantitative estimate of drug-likeness (QED) is 0.600. The number of nitrogens with two attached hydrogens (primary N) is 1. The molecule has 0 aliphatic carbocycles. The number of aromatic nitrogens is 1. The Balaban J connectivity index is 1.66. The maximum absolute atomic E-state index is 12.6. The maximum atomic E-state index is 12.6. The van der Waals surface area contributed by atoms with Crippen LogP contribution in [-0.2, 0) is 15.9 Å². The third kappa shape index (κ3) is 5.98. The van der Waals surface area contributed by atoms with Gasteiger partial charge in [-0.05, 0) is 65.1 Å². The molecule has 3 heterocycles. The molecule has 2 aromatic heterocycles. The fraction of sp³-hybridized carbons (Fsp3) is 0.667. The Labute approximate surface area is 195 Å². The molecule has 178 valence electrons. The van der Waals surface area contributed by atoms with Crippen LogP contribution in [0.25, 0.3) is 10.2 Å². The van der Waals surface area contributed by atoms with Crippen LogP contribution in [0.15, 0.2) is 0 Å². The zero-order chi connectivity index (χ0) is 23.5. The lowest BCUT2D eigenvalue weighted by Gasteiger charge is -2.34. The number of nitrogen functional groups attached to an aromatic ring is 1. The number of rotatable bonds is 8. The monoisotopic (exact) mass is 462 g/mol. The third-order valence-electron chi connectivity index (χ3n) is 6.02. The lowest BCUT2D eigenvalue weighted by Crippen LogP contribution is -2.47. The fourth-order valence-corrected chi connectivity index (χ4v) is 5.37. The van der Waals surface area contributed by atoms with Gasteiger partial charge in [-0.15, -0.1) is 11.3 Å². The Morgan fingerprint density at radius 1 is 1.12 bits per heavy atom. The molecular formula is C24H38N4O3S. The van der Waals surface area contributed by atoms with E-state index in [1.165, 1.54) is 16.9 Å². The summed E-state index contributed by atoms with van der Waals surface area (Å²) in [5.41, 5.74) is 9.77. The highest BCUT2D eigenvalue weighted by molar-refractivity contribution is 7.21. The standard InChI is InChI=1S/C24H38N4O3S/c1-16-18(8-7-9-27-10-12-28(13-11-27)14-15-30-6)17(2)26-22-19(16)20(25)21(32-22)23(29)31-24(3,4)5/h7-15,25H2,1-6H3. The van der Waals surface area contributed by atoms with Crippen LogP contribution < -0.4 is 5.73 Å². The predicted molar refractivity (Wildman–Crippen MR) is 132 cm³/mol. The third-order valence-corrected chi connectivity index (χ3v) is 7.10. The summed E-state index contributed by atoms with van der Waals surface area (Å²) >= 11 is 1.33. The summed E-state index contributed by atoms with van der Waals surface area (Å²) in [7, 11) is 1.76. The second-order valence-electron chi connectivity index (χ2n) is 9.61. The molecule has 7 nitrogen and oxygen atoms in total. The van der Waals surface area contributed by atoms with E-state index in [-0.39, 0.29) is 5.97 Å². The molecule has 1 saturated heterocycles. The Hall–Kier alpha value is -1.74. The molecule has 0 radical (unpaired) electrons. The number of hydrogen-bond acceptors (Lipinski definition) is 8. The van der Waals surface area contributed by atoms with Gasteiger partial charge in [-0.25, -0.2) is 9.78 Å². The zero-order valence-corrected chi connectivity index (χ0v) is 21.2. The van der Waals surface area contributed by atoms with Gasteiger partial charge in [0.15, 0.2) is 0 Å². The van der Waals surface area contributed by atoms with E-state index >= 15 is 0 Å². The molecule has 0 spiro atoms. The number of ether oxygens (including phenoxy) is 2. The predicted octanol–water partition coefficient (Wildman–Crippen LogP) is 3.65. The van der Waals surface area contributed by atoms with E-state index in [0.717, 1.165) is 80.2 Å². The first-order valence-electron chi connectivity index (χ1n) is 11.5. The fourth-order valence-electron chi connectivity index (χ4n) is 4.30. The largest absolute Gasteiger partial charge is 0.456 e. The van der Waals surface area contributed by atoms with E-state index < -0.39 is 5.60 Å². The summed E-state index contributed by atoms with van der Waals surface area (Å²) in [5.74, 6) is -0.374. The van der Waals surface area contributed by atoms with Gasteiger partial charge in [-0.2, -0.15) is 0 Å². The van der Waals surface area contributed by atoms with Gasteiger partial charge in [0.2, 0.25) is 0 Å². The van der Waals surface area contributed by atoms with Crippen LogP contribution in [0.3, 0.4) is 0 Å². The summed E-state index contributed by atoms with van der Waals surface area (Å²) in [4.78, 5) is 23.7. The number of hydrogen-bond donors (Lipinski definition) is 1. The number of esters is 1. The molecule has 2 aromatic rings. The summed E-state index contributed by atoms with van der Waals surface area (Å²) in [6, 6.07) is 0. The van der Waals surface area contributed by atoms with E-state index in [1.54, 1.807) is 7.11 Å². The topological polar surface area (TPSA) is 80.9 Å². The van der Waals surface area contributed by atoms with Crippen LogP contribution in [0.2, 0.25) is 0 Å². The van der Waals surface area contributed by atoms with E-state index in [9.17, 15) is 4.79 Å². The van der Waals surface area contributed by atoms with Gasteiger partial charge in [0.25, 0.3) is 0 Å². The summed E-state index contributed by atoms with van der Waals surface area (Å²) in [6.45, 7) is 17.1. The molecule has 32 heavy (non-hydrogen) atoms. The number of carbonyl (C=O) groups excluding carboxylic acids is 1. The van der Waals surface area contributed by atoms with Crippen molar-refractivity contribution < 1.29 is 14.3 Å². The highest BCUT2D eigenvalue weighted by Crippen LogP contribution is 2.38. The molecule has 0 aromatic carbocycles. The SMILES string of the molecule is COCCN1CCN(CCCc2c(C)nc3sc(C(=O)OC(C)(C)C)c(N)c3c2C)CC1. The van der Waals surface area contributed by atoms with Crippen molar-refractivity contribution in [2.24, 2.45) is 0 Å². The molecule has 0 saturated carbocycles. The van der Waals surface area contributed by atoms with Crippen molar-refractivity contribution in [2.45, 2.75) is 53.1 Å².